The number of benzene rings is 1. The first-order valence-electron chi connectivity index (χ1n) is 12.4. The molecular weight excluding hydrogens is 454 g/mol. The van der Waals surface area contributed by atoms with E-state index >= 15 is 0 Å². The Morgan fingerprint density at radius 3 is 2.82 bits per heavy atom. The van der Waals surface area contributed by atoms with Crippen molar-refractivity contribution in [1.82, 2.24) is 9.62 Å². The van der Waals surface area contributed by atoms with Crippen LogP contribution in [0.1, 0.15) is 63.9 Å². The van der Waals surface area contributed by atoms with Crippen LogP contribution in [0.15, 0.2) is 28.7 Å². The molecule has 2 atom stereocenters. The number of allylic oxidation sites excluding steroid dienone is 1. The molecule has 8 nitrogen and oxygen atoms in total. The molecule has 0 aromatic heterocycles. The Kier molecular flexibility index (Phi) is 7.62. The standard InChI is InChI=1S/C25H35N3O5S/c1-3-21-25(30)27-20-14-17(2)23(15-22(20)33-21)34(31,32)28-13-7-10-19(16-28)24(29)26-12-11-18-8-5-4-6-9-18/h8,14-15,19,21H,3-7,9-13,16H2,1-2H3,(H,26,29)(H,27,30)/t19-,21+/m1/s1. The number of carbonyl (C=O) groups excluding carboxylic acids is 2. The van der Waals surface area contributed by atoms with Gasteiger partial charge in [0.25, 0.3) is 5.91 Å². The zero-order valence-electron chi connectivity index (χ0n) is 20.1. The van der Waals surface area contributed by atoms with Gasteiger partial charge in [0, 0.05) is 25.7 Å². The van der Waals surface area contributed by atoms with Crippen molar-refractivity contribution in [2.24, 2.45) is 5.92 Å². The van der Waals surface area contributed by atoms with E-state index in [4.69, 9.17) is 4.74 Å². The molecule has 2 N–H and O–H groups in total. The predicted octanol–water partition coefficient (Wildman–Crippen LogP) is 3.51. The molecule has 1 fully saturated rings. The molecule has 1 aliphatic carbocycles. The number of sulfonamides is 1. The summed E-state index contributed by atoms with van der Waals surface area (Å²) in [6, 6.07) is 3.14. The van der Waals surface area contributed by atoms with Crippen LogP contribution in [0.4, 0.5) is 5.69 Å². The van der Waals surface area contributed by atoms with Crippen LogP contribution in [0, 0.1) is 12.8 Å². The monoisotopic (exact) mass is 489 g/mol. The van der Waals surface area contributed by atoms with Gasteiger partial charge in [0.05, 0.1) is 16.5 Å². The van der Waals surface area contributed by atoms with Crippen molar-refractivity contribution in [3.63, 3.8) is 0 Å². The quantitative estimate of drug-likeness (QED) is 0.571. The first-order valence-corrected chi connectivity index (χ1v) is 13.8. The van der Waals surface area contributed by atoms with Crippen molar-refractivity contribution >= 4 is 27.5 Å². The minimum Gasteiger partial charge on any atom is -0.478 e. The summed E-state index contributed by atoms with van der Waals surface area (Å²) in [5.41, 5.74) is 2.42. The third-order valence-corrected chi connectivity index (χ3v) is 8.98. The number of amides is 2. The van der Waals surface area contributed by atoms with E-state index in [1.807, 2.05) is 6.92 Å². The van der Waals surface area contributed by atoms with Crippen molar-refractivity contribution in [3.05, 3.63) is 29.3 Å². The van der Waals surface area contributed by atoms with E-state index in [1.165, 1.54) is 28.8 Å². The number of nitrogens with zero attached hydrogens (tertiary/aromatic N) is 1. The van der Waals surface area contributed by atoms with Gasteiger partial charge in [0.2, 0.25) is 15.9 Å². The zero-order valence-corrected chi connectivity index (χ0v) is 20.9. The predicted molar refractivity (Wildman–Crippen MR) is 130 cm³/mol. The molecule has 9 heteroatoms. The number of piperidine rings is 1. The molecule has 2 amide bonds. The van der Waals surface area contributed by atoms with Crippen LogP contribution in [0.2, 0.25) is 0 Å². The summed E-state index contributed by atoms with van der Waals surface area (Å²) in [6.07, 6.45) is 9.00. The summed E-state index contributed by atoms with van der Waals surface area (Å²) in [6.45, 7) is 4.69. The Morgan fingerprint density at radius 1 is 1.26 bits per heavy atom. The smallest absolute Gasteiger partial charge is 0.265 e. The number of anilines is 1. The first-order chi connectivity index (χ1) is 16.3. The molecule has 186 valence electrons. The second-order valence-corrected chi connectivity index (χ2v) is 11.4. The average molecular weight is 490 g/mol. The second kappa shape index (κ2) is 10.5. The van der Waals surface area contributed by atoms with Gasteiger partial charge in [-0.15, -0.1) is 0 Å². The Balaban J connectivity index is 1.43. The Bertz CT molecular complexity index is 1080. The van der Waals surface area contributed by atoms with Crippen LogP contribution in [0.25, 0.3) is 0 Å². The molecule has 1 aromatic carbocycles. The van der Waals surface area contributed by atoms with Gasteiger partial charge in [-0.2, -0.15) is 4.31 Å². The van der Waals surface area contributed by atoms with Gasteiger partial charge in [-0.25, -0.2) is 8.42 Å². The third kappa shape index (κ3) is 5.30. The molecule has 2 aliphatic heterocycles. The van der Waals surface area contributed by atoms with E-state index in [1.54, 1.807) is 13.0 Å². The number of hydrogen-bond donors (Lipinski definition) is 2. The maximum Gasteiger partial charge on any atom is 0.265 e. The number of ether oxygens (including phenoxy) is 1. The summed E-state index contributed by atoms with van der Waals surface area (Å²) in [4.78, 5) is 25.0. The average Bonchev–Trinajstić information content (AvgIpc) is 2.84. The lowest BCUT2D eigenvalue weighted by Gasteiger charge is -2.32. The topological polar surface area (TPSA) is 105 Å². The Hall–Kier alpha value is -2.39. The maximum atomic E-state index is 13.5. The Morgan fingerprint density at radius 2 is 2.09 bits per heavy atom. The highest BCUT2D eigenvalue weighted by Gasteiger charge is 2.35. The number of nitrogens with one attached hydrogen (secondary N) is 2. The highest BCUT2D eigenvalue weighted by atomic mass is 32.2. The van der Waals surface area contributed by atoms with Gasteiger partial charge in [0.1, 0.15) is 5.75 Å². The van der Waals surface area contributed by atoms with Crippen LogP contribution in [0.5, 0.6) is 5.75 Å². The fourth-order valence-corrected chi connectivity index (χ4v) is 6.71. The van der Waals surface area contributed by atoms with Gasteiger partial charge in [-0.1, -0.05) is 18.6 Å². The summed E-state index contributed by atoms with van der Waals surface area (Å²) in [5, 5.41) is 5.81. The van der Waals surface area contributed by atoms with Gasteiger partial charge in [-0.05, 0) is 69.9 Å². The number of aryl methyl sites for hydroxylation is 1. The Labute approximate surface area is 202 Å². The minimum absolute atomic E-state index is 0.0738. The van der Waals surface area contributed by atoms with E-state index in [9.17, 15) is 18.0 Å². The molecule has 1 aromatic rings. The molecule has 2 heterocycles. The summed E-state index contributed by atoms with van der Waals surface area (Å²) in [5.74, 6) is -0.300. The lowest BCUT2D eigenvalue weighted by molar-refractivity contribution is -0.126. The van der Waals surface area contributed by atoms with Crippen LogP contribution < -0.4 is 15.4 Å². The van der Waals surface area contributed by atoms with E-state index in [0.29, 0.717) is 49.4 Å². The lowest BCUT2D eigenvalue weighted by Crippen LogP contribution is -2.45. The van der Waals surface area contributed by atoms with Crippen LogP contribution in [-0.2, 0) is 19.6 Å². The first kappa shape index (κ1) is 24.7. The molecule has 34 heavy (non-hydrogen) atoms. The van der Waals surface area contributed by atoms with Crippen molar-refractivity contribution in [2.45, 2.75) is 76.2 Å². The van der Waals surface area contributed by atoms with Crippen molar-refractivity contribution in [3.8, 4) is 5.75 Å². The number of fused-ring (bicyclic) bond motifs is 1. The molecule has 0 bridgehead atoms. The van der Waals surface area contributed by atoms with Crippen LogP contribution in [0.3, 0.4) is 0 Å². The summed E-state index contributed by atoms with van der Waals surface area (Å²) >= 11 is 0. The maximum absolute atomic E-state index is 13.5. The van der Waals surface area contributed by atoms with Crippen LogP contribution in [-0.4, -0.2) is 50.3 Å². The largest absolute Gasteiger partial charge is 0.478 e. The van der Waals surface area contributed by atoms with E-state index in [-0.39, 0.29) is 29.2 Å². The fourth-order valence-electron chi connectivity index (χ4n) is 4.97. The number of hydrogen-bond acceptors (Lipinski definition) is 5. The normalized spacial score (nSPS) is 23.4. The van der Waals surface area contributed by atoms with Gasteiger partial charge >= 0.3 is 0 Å². The molecular formula is C25H35N3O5S. The second-order valence-electron chi connectivity index (χ2n) is 9.47. The highest BCUT2D eigenvalue weighted by Crippen LogP contribution is 2.36. The highest BCUT2D eigenvalue weighted by molar-refractivity contribution is 7.89. The van der Waals surface area contributed by atoms with Crippen molar-refractivity contribution in [1.29, 1.82) is 0 Å². The van der Waals surface area contributed by atoms with Crippen molar-refractivity contribution in [2.75, 3.05) is 25.0 Å². The minimum atomic E-state index is -3.82. The summed E-state index contributed by atoms with van der Waals surface area (Å²) < 4.78 is 34.3. The van der Waals surface area contributed by atoms with Gasteiger partial charge < -0.3 is 15.4 Å². The number of carbonyl (C=O) groups is 2. The van der Waals surface area contributed by atoms with Gasteiger partial charge in [0.15, 0.2) is 6.10 Å². The van der Waals surface area contributed by atoms with Crippen molar-refractivity contribution < 1.29 is 22.7 Å². The lowest BCUT2D eigenvalue weighted by atomic mass is 9.96. The molecule has 0 radical (unpaired) electrons. The molecule has 0 unspecified atom stereocenters. The van der Waals surface area contributed by atoms with E-state index < -0.39 is 16.1 Å². The summed E-state index contributed by atoms with van der Waals surface area (Å²) in [7, 11) is -3.82. The van der Waals surface area contributed by atoms with E-state index in [0.717, 1.165) is 19.3 Å². The fraction of sp³-hybridized carbons (Fsp3) is 0.600. The molecule has 0 saturated carbocycles. The number of rotatable bonds is 7. The molecule has 1 saturated heterocycles. The molecule has 3 aliphatic rings. The van der Waals surface area contributed by atoms with E-state index in [2.05, 4.69) is 16.7 Å². The molecule has 0 spiro atoms. The van der Waals surface area contributed by atoms with Crippen LogP contribution >= 0.6 is 0 Å². The zero-order chi connectivity index (χ0) is 24.3. The SMILES string of the molecule is CC[C@@H]1Oc2cc(S(=O)(=O)N3CCC[C@@H](C(=O)NCCC4=CCCCC4)C3)c(C)cc2NC1=O. The third-order valence-electron chi connectivity index (χ3n) is 6.97. The molecule has 4 rings (SSSR count). The van der Waals surface area contributed by atoms with Gasteiger partial charge in [-0.3, -0.25) is 9.59 Å².